The van der Waals surface area contributed by atoms with E-state index in [1.165, 1.54) is 17.0 Å². The van der Waals surface area contributed by atoms with Crippen molar-refractivity contribution >= 4 is 22.7 Å². The van der Waals surface area contributed by atoms with Crippen LogP contribution in [0.5, 0.6) is 0 Å². The molecule has 1 fully saturated rings. The van der Waals surface area contributed by atoms with Gasteiger partial charge in [0.05, 0.1) is 0 Å². The first kappa shape index (κ1) is 20.1. The van der Waals surface area contributed by atoms with E-state index in [0.717, 1.165) is 22.5 Å². The first-order chi connectivity index (χ1) is 14.5. The molecule has 0 aliphatic carbocycles. The third kappa shape index (κ3) is 4.20. The van der Waals surface area contributed by atoms with Gasteiger partial charge in [0.2, 0.25) is 11.8 Å². The number of aromatic amines is 1. The highest BCUT2D eigenvalue weighted by Gasteiger charge is 2.33. The maximum absolute atomic E-state index is 14.0. The van der Waals surface area contributed by atoms with Gasteiger partial charge >= 0.3 is 0 Å². The van der Waals surface area contributed by atoms with E-state index < -0.39 is 11.6 Å². The van der Waals surface area contributed by atoms with Crippen molar-refractivity contribution in [1.29, 1.82) is 0 Å². The molecule has 156 valence electrons. The predicted octanol–water partition coefficient (Wildman–Crippen LogP) is 3.69. The minimum Gasteiger partial charge on any atom is -0.361 e. The molecule has 3 aromatic rings. The van der Waals surface area contributed by atoms with E-state index in [-0.39, 0.29) is 36.4 Å². The summed E-state index contributed by atoms with van der Waals surface area (Å²) in [5.74, 6) is -2.18. The largest absolute Gasteiger partial charge is 0.361 e. The molecular weight excluding hydrogens is 388 g/mol. The maximum Gasteiger partial charge on any atom is 0.223 e. The number of halogens is 2. The summed E-state index contributed by atoms with van der Waals surface area (Å²) in [6.45, 7) is 0.454. The van der Waals surface area contributed by atoms with Gasteiger partial charge in [0.25, 0.3) is 0 Å². The average Bonchev–Trinajstić information content (AvgIpc) is 3.30. The fourth-order valence-corrected chi connectivity index (χ4v) is 4.04. The summed E-state index contributed by atoms with van der Waals surface area (Å²) in [5, 5.41) is 4.04. The van der Waals surface area contributed by atoms with Crippen LogP contribution in [0.25, 0.3) is 10.9 Å². The number of hydrogen-bond donors (Lipinski definition) is 2. The Morgan fingerprint density at radius 1 is 1.13 bits per heavy atom. The Kier molecular flexibility index (Phi) is 5.79. The normalized spacial score (nSPS) is 16.4. The standard InChI is InChI=1S/C23H23F2N3O2/c24-19-6-3-4-16(23(19)25)14-28-17(8-9-22(28)30)12-21(29)26-11-10-15-13-27-20-7-2-1-5-18(15)20/h1-7,13,17,27H,8-12,14H2,(H,26,29). The number of para-hydroxylation sites is 1. The molecule has 30 heavy (non-hydrogen) atoms. The number of H-pyrrole nitrogens is 1. The van der Waals surface area contributed by atoms with Gasteiger partial charge in [-0.05, 0) is 30.5 Å². The molecule has 1 aliphatic heterocycles. The Morgan fingerprint density at radius 3 is 2.83 bits per heavy atom. The number of aromatic nitrogens is 1. The average molecular weight is 411 g/mol. The van der Waals surface area contributed by atoms with Crippen molar-refractivity contribution < 1.29 is 18.4 Å². The van der Waals surface area contributed by atoms with Crippen molar-refractivity contribution in [1.82, 2.24) is 15.2 Å². The monoisotopic (exact) mass is 411 g/mol. The molecule has 2 heterocycles. The van der Waals surface area contributed by atoms with Crippen molar-refractivity contribution in [3.63, 3.8) is 0 Å². The second kappa shape index (κ2) is 8.65. The van der Waals surface area contributed by atoms with Crippen LogP contribution in [0.3, 0.4) is 0 Å². The van der Waals surface area contributed by atoms with Gasteiger partial charge in [-0.25, -0.2) is 8.78 Å². The van der Waals surface area contributed by atoms with Gasteiger partial charge in [-0.15, -0.1) is 0 Å². The number of carbonyl (C=O) groups excluding carboxylic acids is 2. The van der Waals surface area contributed by atoms with Crippen LogP contribution in [0.4, 0.5) is 8.78 Å². The van der Waals surface area contributed by atoms with E-state index in [1.807, 2.05) is 30.5 Å². The minimum atomic E-state index is -0.945. The second-order valence-electron chi connectivity index (χ2n) is 7.59. The quantitative estimate of drug-likeness (QED) is 0.623. The van der Waals surface area contributed by atoms with E-state index in [1.54, 1.807) is 0 Å². The van der Waals surface area contributed by atoms with Crippen LogP contribution in [-0.2, 0) is 22.6 Å². The Morgan fingerprint density at radius 2 is 1.97 bits per heavy atom. The van der Waals surface area contributed by atoms with Gasteiger partial charge in [-0.3, -0.25) is 9.59 Å². The smallest absolute Gasteiger partial charge is 0.223 e. The fraction of sp³-hybridized carbons (Fsp3) is 0.304. The molecule has 2 N–H and O–H groups in total. The van der Waals surface area contributed by atoms with Gasteiger partial charge in [-0.2, -0.15) is 0 Å². The number of nitrogens with zero attached hydrogens (tertiary/aromatic N) is 1. The van der Waals surface area contributed by atoms with Crippen molar-refractivity contribution in [2.45, 2.75) is 38.3 Å². The van der Waals surface area contributed by atoms with Crippen LogP contribution in [-0.4, -0.2) is 34.3 Å². The van der Waals surface area contributed by atoms with Crippen molar-refractivity contribution in [3.05, 3.63) is 71.4 Å². The number of nitrogens with one attached hydrogen (secondary N) is 2. The van der Waals surface area contributed by atoms with Gasteiger partial charge < -0.3 is 15.2 Å². The molecule has 0 spiro atoms. The molecule has 0 radical (unpaired) electrons. The first-order valence-corrected chi connectivity index (χ1v) is 10.1. The molecule has 1 aromatic heterocycles. The summed E-state index contributed by atoms with van der Waals surface area (Å²) in [7, 11) is 0. The highest BCUT2D eigenvalue weighted by molar-refractivity contribution is 5.83. The molecule has 1 atom stereocenters. The van der Waals surface area contributed by atoms with E-state index in [0.29, 0.717) is 25.8 Å². The zero-order valence-electron chi connectivity index (χ0n) is 16.5. The molecule has 1 aliphatic rings. The zero-order chi connectivity index (χ0) is 21.1. The Bertz CT molecular complexity index is 1080. The number of likely N-dealkylation sites (tertiary alicyclic amines) is 1. The molecule has 2 aromatic carbocycles. The highest BCUT2D eigenvalue weighted by atomic mass is 19.2. The molecule has 1 saturated heterocycles. The van der Waals surface area contributed by atoms with Crippen LogP contribution in [0.1, 0.15) is 30.4 Å². The third-order valence-electron chi connectivity index (χ3n) is 5.64. The lowest BCUT2D eigenvalue weighted by atomic mass is 10.1. The molecule has 5 nitrogen and oxygen atoms in total. The van der Waals surface area contributed by atoms with Crippen LogP contribution in [0.15, 0.2) is 48.7 Å². The first-order valence-electron chi connectivity index (χ1n) is 10.1. The fourth-order valence-electron chi connectivity index (χ4n) is 4.04. The van der Waals surface area contributed by atoms with Crippen LogP contribution >= 0.6 is 0 Å². The SMILES string of the molecule is O=C(CC1CCC(=O)N1Cc1cccc(F)c1F)NCCc1c[nH]c2ccccc12. The summed E-state index contributed by atoms with van der Waals surface area (Å²) in [4.78, 5) is 29.4. The van der Waals surface area contributed by atoms with E-state index in [9.17, 15) is 18.4 Å². The number of fused-ring (bicyclic) bond motifs is 1. The topological polar surface area (TPSA) is 65.2 Å². The maximum atomic E-state index is 14.0. The summed E-state index contributed by atoms with van der Waals surface area (Å²) in [6, 6.07) is 11.6. The molecular formula is C23H23F2N3O2. The Balaban J connectivity index is 1.32. The van der Waals surface area contributed by atoms with Crippen molar-refractivity contribution in [3.8, 4) is 0 Å². The molecule has 7 heteroatoms. The van der Waals surface area contributed by atoms with E-state index >= 15 is 0 Å². The number of hydrogen-bond acceptors (Lipinski definition) is 2. The van der Waals surface area contributed by atoms with Crippen LogP contribution in [0, 0.1) is 11.6 Å². The Labute approximate surface area is 173 Å². The van der Waals surface area contributed by atoms with Crippen LogP contribution < -0.4 is 5.32 Å². The van der Waals surface area contributed by atoms with Gasteiger partial charge in [-0.1, -0.05) is 30.3 Å². The lowest BCUT2D eigenvalue weighted by Crippen LogP contribution is -2.37. The van der Waals surface area contributed by atoms with E-state index in [2.05, 4.69) is 10.3 Å². The molecule has 2 amide bonds. The summed E-state index contributed by atoms with van der Waals surface area (Å²) in [5.41, 5.74) is 2.31. The number of carbonyl (C=O) groups is 2. The third-order valence-corrected chi connectivity index (χ3v) is 5.64. The second-order valence-corrected chi connectivity index (χ2v) is 7.59. The summed E-state index contributed by atoms with van der Waals surface area (Å²) < 4.78 is 27.5. The number of rotatable bonds is 7. The van der Waals surface area contributed by atoms with Gasteiger partial charge in [0.15, 0.2) is 11.6 Å². The predicted molar refractivity (Wildman–Crippen MR) is 110 cm³/mol. The van der Waals surface area contributed by atoms with Crippen molar-refractivity contribution in [2.24, 2.45) is 0 Å². The lowest BCUT2D eigenvalue weighted by molar-refractivity contribution is -0.130. The van der Waals surface area contributed by atoms with Crippen molar-refractivity contribution in [2.75, 3.05) is 6.54 Å². The van der Waals surface area contributed by atoms with Gasteiger partial charge in [0.1, 0.15) is 0 Å². The van der Waals surface area contributed by atoms with Crippen LogP contribution in [0.2, 0.25) is 0 Å². The molecule has 1 unspecified atom stereocenters. The van der Waals surface area contributed by atoms with Gasteiger partial charge in [0, 0.05) is 54.6 Å². The van der Waals surface area contributed by atoms with E-state index in [4.69, 9.17) is 0 Å². The highest BCUT2D eigenvalue weighted by Crippen LogP contribution is 2.25. The minimum absolute atomic E-state index is 0.0320. The zero-order valence-corrected chi connectivity index (χ0v) is 16.5. The molecule has 0 bridgehead atoms. The lowest BCUT2D eigenvalue weighted by Gasteiger charge is -2.25. The number of amides is 2. The molecule has 0 saturated carbocycles. The summed E-state index contributed by atoms with van der Waals surface area (Å²) in [6.07, 6.45) is 3.63. The summed E-state index contributed by atoms with van der Waals surface area (Å²) >= 11 is 0. The Hall–Kier alpha value is -3.22. The number of benzene rings is 2. The molecule has 4 rings (SSSR count).